The van der Waals surface area contributed by atoms with Crippen LogP contribution in [0.4, 0.5) is 5.69 Å². The molecule has 0 radical (unpaired) electrons. The van der Waals surface area contributed by atoms with Crippen LogP contribution in [0.15, 0.2) is 41.3 Å². The van der Waals surface area contributed by atoms with Gasteiger partial charge in [-0.25, -0.2) is 8.42 Å². The van der Waals surface area contributed by atoms with Crippen LogP contribution in [0.2, 0.25) is 0 Å². The van der Waals surface area contributed by atoms with Crippen LogP contribution < -0.4 is 15.4 Å². The summed E-state index contributed by atoms with van der Waals surface area (Å²) in [4.78, 5) is 24.8. The highest BCUT2D eigenvalue weighted by molar-refractivity contribution is 7.89. The van der Waals surface area contributed by atoms with Crippen molar-refractivity contribution in [2.45, 2.75) is 51.2 Å². The number of anilines is 1. The summed E-state index contributed by atoms with van der Waals surface area (Å²) in [6.45, 7) is 6.19. The van der Waals surface area contributed by atoms with Crippen LogP contribution in [0, 0.1) is 19.8 Å². The summed E-state index contributed by atoms with van der Waals surface area (Å²) in [5.41, 5.74) is 3.11. The van der Waals surface area contributed by atoms with Crippen molar-refractivity contribution in [2.75, 3.05) is 18.4 Å². The molecule has 2 unspecified atom stereocenters. The van der Waals surface area contributed by atoms with Crippen molar-refractivity contribution in [1.82, 2.24) is 9.62 Å². The Bertz CT molecular complexity index is 1190. The van der Waals surface area contributed by atoms with Gasteiger partial charge < -0.3 is 15.4 Å². The Labute approximate surface area is 194 Å². The Morgan fingerprint density at radius 1 is 1.21 bits per heavy atom. The first-order chi connectivity index (χ1) is 15.7. The Morgan fingerprint density at radius 3 is 2.73 bits per heavy atom. The molecule has 0 aliphatic carbocycles. The minimum atomic E-state index is -3.84. The second-order valence-corrected chi connectivity index (χ2v) is 10.6. The van der Waals surface area contributed by atoms with E-state index < -0.39 is 22.0 Å². The summed E-state index contributed by atoms with van der Waals surface area (Å²) in [7, 11) is -3.84. The van der Waals surface area contributed by atoms with Crippen molar-refractivity contribution in [3.05, 3.63) is 53.1 Å². The summed E-state index contributed by atoms with van der Waals surface area (Å²) >= 11 is 0. The fraction of sp³-hybridized carbons (Fsp3) is 0.417. The van der Waals surface area contributed by atoms with Gasteiger partial charge in [0.2, 0.25) is 15.9 Å². The number of carbonyl (C=O) groups is 2. The summed E-state index contributed by atoms with van der Waals surface area (Å²) in [6.07, 6.45) is 0.545. The molecule has 33 heavy (non-hydrogen) atoms. The molecule has 0 spiro atoms. The molecule has 0 saturated carbocycles. The lowest BCUT2D eigenvalue weighted by atomic mass is 9.98. The molecule has 2 N–H and O–H groups in total. The number of hydrogen-bond donors (Lipinski definition) is 2. The maximum absolute atomic E-state index is 13.5. The van der Waals surface area contributed by atoms with Crippen molar-refractivity contribution >= 4 is 27.5 Å². The molecule has 4 rings (SSSR count). The Morgan fingerprint density at radius 2 is 1.97 bits per heavy atom. The van der Waals surface area contributed by atoms with E-state index in [4.69, 9.17) is 4.74 Å². The quantitative estimate of drug-likeness (QED) is 0.698. The van der Waals surface area contributed by atoms with Gasteiger partial charge >= 0.3 is 0 Å². The lowest BCUT2D eigenvalue weighted by Crippen LogP contribution is -2.45. The number of nitrogens with one attached hydrogen (secondary N) is 2. The first-order valence-electron chi connectivity index (χ1n) is 11.1. The number of hydrogen-bond acceptors (Lipinski definition) is 5. The van der Waals surface area contributed by atoms with E-state index in [1.165, 1.54) is 10.4 Å². The number of benzene rings is 2. The van der Waals surface area contributed by atoms with E-state index in [9.17, 15) is 18.0 Å². The molecular weight excluding hydrogens is 442 g/mol. The monoisotopic (exact) mass is 471 g/mol. The van der Waals surface area contributed by atoms with Crippen LogP contribution >= 0.6 is 0 Å². The fourth-order valence-corrected chi connectivity index (χ4v) is 6.02. The molecule has 176 valence electrons. The predicted octanol–water partition coefficient (Wildman–Crippen LogP) is 2.74. The number of nitrogens with zero attached hydrogens (tertiary/aromatic N) is 1. The number of carbonyl (C=O) groups excluding carboxylic acids is 2. The van der Waals surface area contributed by atoms with Gasteiger partial charge in [-0.05, 0) is 56.4 Å². The van der Waals surface area contributed by atoms with E-state index in [2.05, 4.69) is 10.6 Å². The molecule has 0 bridgehead atoms. The van der Waals surface area contributed by atoms with Gasteiger partial charge in [0, 0.05) is 25.7 Å². The van der Waals surface area contributed by atoms with E-state index in [0.717, 1.165) is 11.1 Å². The van der Waals surface area contributed by atoms with E-state index in [0.29, 0.717) is 42.9 Å². The molecule has 8 nitrogen and oxygen atoms in total. The lowest BCUT2D eigenvalue weighted by Gasteiger charge is -2.32. The molecule has 1 fully saturated rings. The predicted molar refractivity (Wildman–Crippen MR) is 124 cm³/mol. The average Bonchev–Trinajstić information content (AvgIpc) is 2.79. The van der Waals surface area contributed by atoms with Gasteiger partial charge in [-0.1, -0.05) is 24.3 Å². The van der Waals surface area contributed by atoms with Gasteiger partial charge in [0.25, 0.3) is 5.91 Å². The van der Waals surface area contributed by atoms with Crippen molar-refractivity contribution in [3.63, 3.8) is 0 Å². The Hall–Kier alpha value is -2.91. The fourth-order valence-electron chi connectivity index (χ4n) is 4.27. The summed E-state index contributed by atoms with van der Waals surface area (Å²) in [5.74, 6) is -0.491. The minimum Gasteiger partial charge on any atom is -0.479 e. The Balaban J connectivity index is 1.49. The lowest BCUT2D eigenvalue weighted by molar-refractivity contribution is -0.126. The van der Waals surface area contributed by atoms with Crippen LogP contribution in [0.25, 0.3) is 0 Å². The smallest absolute Gasteiger partial charge is 0.265 e. The molecule has 2 amide bonds. The van der Waals surface area contributed by atoms with Gasteiger partial charge in [-0.2, -0.15) is 4.31 Å². The van der Waals surface area contributed by atoms with Crippen LogP contribution in [0.5, 0.6) is 5.75 Å². The molecule has 0 aromatic heterocycles. The first-order valence-corrected chi connectivity index (χ1v) is 12.6. The second-order valence-electron chi connectivity index (χ2n) is 8.71. The van der Waals surface area contributed by atoms with Crippen LogP contribution in [-0.2, 0) is 26.2 Å². The van der Waals surface area contributed by atoms with E-state index in [1.54, 1.807) is 19.9 Å². The third-order valence-electron chi connectivity index (χ3n) is 6.30. The summed E-state index contributed by atoms with van der Waals surface area (Å²) in [6, 6.07) is 10.9. The number of ether oxygens (including phenoxy) is 1. The Kier molecular flexibility index (Phi) is 6.45. The molecular formula is C24H29N3O5S. The van der Waals surface area contributed by atoms with Crippen molar-refractivity contribution in [1.29, 1.82) is 0 Å². The van der Waals surface area contributed by atoms with Gasteiger partial charge in [-0.15, -0.1) is 0 Å². The molecule has 1 saturated heterocycles. The van der Waals surface area contributed by atoms with E-state index >= 15 is 0 Å². The molecule has 2 aliphatic heterocycles. The number of piperidine rings is 1. The molecule has 2 atom stereocenters. The van der Waals surface area contributed by atoms with Gasteiger partial charge in [0.1, 0.15) is 5.75 Å². The second kappa shape index (κ2) is 9.15. The first kappa shape index (κ1) is 23.3. The van der Waals surface area contributed by atoms with Gasteiger partial charge in [0.15, 0.2) is 6.10 Å². The zero-order chi connectivity index (χ0) is 23.8. The molecule has 2 aromatic rings. The number of rotatable bonds is 5. The number of sulfonamides is 1. The number of aryl methyl sites for hydroxylation is 2. The summed E-state index contributed by atoms with van der Waals surface area (Å²) < 4.78 is 34.0. The highest BCUT2D eigenvalue weighted by atomic mass is 32.2. The highest BCUT2D eigenvalue weighted by Gasteiger charge is 2.35. The maximum Gasteiger partial charge on any atom is 0.265 e. The molecule has 2 heterocycles. The number of fused-ring (bicyclic) bond motifs is 1. The largest absolute Gasteiger partial charge is 0.479 e. The number of amides is 2. The minimum absolute atomic E-state index is 0.130. The van der Waals surface area contributed by atoms with Gasteiger partial charge in [0.05, 0.1) is 16.5 Å². The molecule has 9 heteroatoms. The van der Waals surface area contributed by atoms with Crippen molar-refractivity contribution in [3.8, 4) is 5.75 Å². The zero-order valence-electron chi connectivity index (χ0n) is 19.1. The van der Waals surface area contributed by atoms with Gasteiger partial charge in [-0.3, -0.25) is 9.59 Å². The average molecular weight is 472 g/mol. The maximum atomic E-state index is 13.5. The van der Waals surface area contributed by atoms with Crippen molar-refractivity contribution < 1.29 is 22.7 Å². The molecule has 2 aliphatic rings. The van der Waals surface area contributed by atoms with Crippen LogP contribution in [-0.4, -0.2) is 43.7 Å². The SMILES string of the molecule is Cc1ccccc1CNC(=O)C1CCCN(S(=O)(=O)c2cc3c(cc2C)NC(=O)C(C)O3)C1. The van der Waals surface area contributed by atoms with Crippen LogP contribution in [0.1, 0.15) is 36.5 Å². The summed E-state index contributed by atoms with van der Waals surface area (Å²) in [5, 5.41) is 5.70. The highest BCUT2D eigenvalue weighted by Crippen LogP contribution is 2.36. The standard InChI is InChI=1S/C24H29N3O5S/c1-15-7-4-5-8-18(15)13-25-24(29)19-9-6-10-27(14-19)33(30,31)22-12-21-20(11-16(22)2)26-23(28)17(3)32-21/h4-5,7-8,11-12,17,19H,6,9-10,13-14H2,1-3H3,(H,25,29)(H,26,28). The van der Waals surface area contributed by atoms with E-state index in [-0.39, 0.29) is 23.3 Å². The molecule has 2 aromatic carbocycles. The third-order valence-corrected chi connectivity index (χ3v) is 8.30. The van der Waals surface area contributed by atoms with Crippen LogP contribution in [0.3, 0.4) is 0 Å². The normalized spacial score (nSPS) is 21.0. The topological polar surface area (TPSA) is 105 Å². The third kappa shape index (κ3) is 4.74. The zero-order valence-corrected chi connectivity index (χ0v) is 19.9. The van der Waals surface area contributed by atoms with Crippen molar-refractivity contribution in [2.24, 2.45) is 5.92 Å². The van der Waals surface area contributed by atoms with E-state index in [1.807, 2.05) is 31.2 Å².